The fourth-order valence-corrected chi connectivity index (χ4v) is 2.84. The molecule has 0 aliphatic rings. The van der Waals surface area contributed by atoms with E-state index in [1.807, 2.05) is 29.6 Å². The van der Waals surface area contributed by atoms with Crippen LogP contribution in [0.1, 0.15) is 32.0 Å². The Kier molecular flexibility index (Phi) is 4.60. The largest absolute Gasteiger partial charge is 0.302 e. The zero-order valence-corrected chi connectivity index (χ0v) is 14.1. The van der Waals surface area contributed by atoms with Gasteiger partial charge in [0, 0.05) is 15.3 Å². The highest BCUT2D eigenvalue weighted by Gasteiger charge is 2.18. The molecular formula is C15H17BrN2OS. The van der Waals surface area contributed by atoms with Crippen LogP contribution in [0.4, 0.5) is 5.13 Å². The van der Waals surface area contributed by atoms with Crippen molar-refractivity contribution in [2.24, 2.45) is 0 Å². The van der Waals surface area contributed by atoms with E-state index in [-0.39, 0.29) is 11.3 Å². The first-order valence-corrected chi connectivity index (χ1v) is 8.02. The van der Waals surface area contributed by atoms with Gasteiger partial charge in [0.1, 0.15) is 0 Å². The van der Waals surface area contributed by atoms with Crippen LogP contribution in [0.15, 0.2) is 34.1 Å². The number of halogens is 1. The molecule has 0 aliphatic heterocycles. The molecule has 1 aromatic heterocycles. The SMILES string of the molecule is CC(C)(C)c1csc(NC(=O)Cc2ccc(Br)cc2)n1. The van der Waals surface area contributed by atoms with E-state index in [0.29, 0.717) is 11.6 Å². The van der Waals surface area contributed by atoms with Gasteiger partial charge in [-0.2, -0.15) is 0 Å². The molecule has 106 valence electrons. The summed E-state index contributed by atoms with van der Waals surface area (Å²) in [6.07, 6.45) is 0.359. The van der Waals surface area contributed by atoms with Gasteiger partial charge in [-0.15, -0.1) is 11.3 Å². The van der Waals surface area contributed by atoms with Crippen molar-refractivity contribution < 1.29 is 4.79 Å². The number of thiazole rings is 1. The minimum absolute atomic E-state index is 0.00514. The Morgan fingerprint density at radius 2 is 1.95 bits per heavy atom. The summed E-state index contributed by atoms with van der Waals surface area (Å²) in [4.78, 5) is 16.4. The predicted octanol–water partition coefficient (Wildman–Crippen LogP) is 4.38. The summed E-state index contributed by atoms with van der Waals surface area (Å²) >= 11 is 4.85. The van der Waals surface area contributed by atoms with Crippen LogP contribution in [0.5, 0.6) is 0 Å². The Hall–Kier alpha value is -1.20. The molecule has 0 fully saturated rings. The minimum atomic E-state index is -0.0397. The first-order chi connectivity index (χ1) is 9.34. The van der Waals surface area contributed by atoms with Gasteiger partial charge < -0.3 is 5.32 Å². The molecule has 0 radical (unpaired) electrons. The van der Waals surface area contributed by atoms with Crippen LogP contribution in [0.25, 0.3) is 0 Å². The van der Waals surface area contributed by atoms with Gasteiger partial charge in [-0.05, 0) is 17.7 Å². The Bertz CT molecular complexity index is 599. The van der Waals surface area contributed by atoms with Crippen molar-refractivity contribution in [1.29, 1.82) is 0 Å². The lowest BCUT2D eigenvalue weighted by molar-refractivity contribution is -0.115. The highest BCUT2D eigenvalue weighted by atomic mass is 79.9. The molecule has 3 nitrogen and oxygen atoms in total. The van der Waals surface area contributed by atoms with Gasteiger partial charge in [-0.1, -0.05) is 48.8 Å². The first kappa shape index (κ1) is 15.2. The first-order valence-electron chi connectivity index (χ1n) is 6.35. The number of nitrogens with zero attached hydrogens (tertiary/aromatic N) is 1. The number of hydrogen-bond donors (Lipinski definition) is 1. The molecule has 5 heteroatoms. The molecule has 20 heavy (non-hydrogen) atoms. The average Bonchev–Trinajstić information content (AvgIpc) is 2.80. The van der Waals surface area contributed by atoms with Gasteiger partial charge in [-0.3, -0.25) is 4.79 Å². The van der Waals surface area contributed by atoms with Gasteiger partial charge >= 0.3 is 0 Å². The number of amides is 1. The molecule has 0 saturated carbocycles. The third kappa shape index (κ3) is 4.15. The molecule has 0 aliphatic carbocycles. The van der Waals surface area contributed by atoms with Crippen molar-refractivity contribution in [3.8, 4) is 0 Å². The number of hydrogen-bond acceptors (Lipinski definition) is 3. The standard InChI is InChI=1S/C15H17BrN2OS/c1-15(2,3)12-9-20-14(17-12)18-13(19)8-10-4-6-11(16)7-5-10/h4-7,9H,8H2,1-3H3,(H,17,18,19). The van der Waals surface area contributed by atoms with E-state index in [4.69, 9.17) is 0 Å². The lowest BCUT2D eigenvalue weighted by Gasteiger charge is -2.14. The van der Waals surface area contributed by atoms with Crippen LogP contribution in [0, 0.1) is 0 Å². The highest BCUT2D eigenvalue weighted by Crippen LogP contribution is 2.26. The number of anilines is 1. The normalized spacial score (nSPS) is 11.4. The van der Waals surface area contributed by atoms with Crippen molar-refractivity contribution >= 4 is 38.3 Å². The van der Waals surface area contributed by atoms with Crippen LogP contribution in [-0.2, 0) is 16.6 Å². The average molecular weight is 353 g/mol. The van der Waals surface area contributed by atoms with Crippen LogP contribution in [0.3, 0.4) is 0 Å². The summed E-state index contributed by atoms with van der Waals surface area (Å²) in [5.41, 5.74) is 1.99. The lowest BCUT2D eigenvalue weighted by Crippen LogP contribution is -2.15. The maximum atomic E-state index is 12.0. The van der Waals surface area contributed by atoms with Crippen molar-refractivity contribution in [2.75, 3.05) is 5.32 Å². The second kappa shape index (κ2) is 6.06. The summed E-state index contributed by atoms with van der Waals surface area (Å²) in [7, 11) is 0. The van der Waals surface area contributed by atoms with E-state index in [1.165, 1.54) is 11.3 Å². The quantitative estimate of drug-likeness (QED) is 0.890. The third-order valence-electron chi connectivity index (χ3n) is 2.80. The summed E-state index contributed by atoms with van der Waals surface area (Å²) in [6, 6.07) is 7.74. The van der Waals surface area contributed by atoms with Crippen molar-refractivity contribution in [2.45, 2.75) is 32.6 Å². The fraction of sp³-hybridized carbons (Fsp3) is 0.333. The number of rotatable bonds is 3. The molecule has 0 atom stereocenters. The van der Waals surface area contributed by atoms with E-state index in [1.54, 1.807) is 0 Å². The minimum Gasteiger partial charge on any atom is -0.302 e. The molecule has 2 rings (SSSR count). The second-order valence-corrected chi connectivity index (χ2v) is 7.41. The Labute approximate surface area is 131 Å². The van der Waals surface area contributed by atoms with Crippen LogP contribution in [-0.4, -0.2) is 10.9 Å². The van der Waals surface area contributed by atoms with Crippen LogP contribution >= 0.6 is 27.3 Å². The van der Waals surface area contributed by atoms with Gasteiger partial charge in [0.25, 0.3) is 0 Å². The van der Waals surface area contributed by atoms with Crippen molar-refractivity contribution in [1.82, 2.24) is 4.98 Å². The van der Waals surface area contributed by atoms with E-state index < -0.39 is 0 Å². The smallest absolute Gasteiger partial charge is 0.230 e. The summed E-state index contributed by atoms with van der Waals surface area (Å²) in [5.74, 6) is -0.0397. The summed E-state index contributed by atoms with van der Waals surface area (Å²) in [6.45, 7) is 6.32. The molecule has 1 aromatic carbocycles. The van der Waals surface area contributed by atoms with Gasteiger partial charge in [0.05, 0.1) is 12.1 Å². The van der Waals surface area contributed by atoms with Crippen molar-refractivity contribution in [3.63, 3.8) is 0 Å². The van der Waals surface area contributed by atoms with Crippen LogP contribution < -0.4 is 5.32 Å². The Balaban J connectivity index is 1.98. The number of benzene rings is 1. The molecule has 1 heterocycles. The van der Waals surface area contributed by atoms with Crippen LogP contribution in [0.2, 0.25) is 0 Å². The predicted molar refractivity (Wildman–Crippen MR) is 87.3 cm³/mol. The fourth-order valence-electron chi connectivity index (χ4n) is 1.63. The summed E-state index contributed by atoms with van der Waals surface area (Å²) in [5, 5.41) is 5.51. The maximum absolute atomic E-state index is 12.0. The van der Waals surface area contributed by atoms with Crippen molar-refractivity contribution in [3.05, 3.63) is 45.4 Å². The monoisotopic (exact) mass is 352 g/mol. The summed E-state index contributed by atoms with van der Waals surface area (Å²) < 4.78 is 1.01. The lowest BCUT2D eigenvalue weighted by atomic mass is 9.93. The van der Waals surface area contributed by atoms with E-state index in [2.05, 4.69) is 47.0 Å². The number of aromatic nitrogens is 1. The van der Waals surface area contributed by atoms with E-state index in [0.717, 1.165) is 15.7 Å². The second-order valence-electron chi connectivity index (χ2n) is 5.64. The molecule has 0 bridgehead atoms. The molecule has 1 amide bonds. The molecule has 0 spiro atoms. The van der Waals surface area contributed by atoms with E-state index >= 15 is 0 Å². The molecule has 1 N–H and O–H groups in total. The number of carbonyl (C=O) groups is 1. The van der Waals surface area contributed by atoms with Gasteiger partial charge in [0.15, 0.2) is 5.13 Å². The van der Waals surface area contributed by atoms with E-state index in [9.17, 15) is 4.79 Å². The highest BCUT2D eigenvalue weighted by molar-refractivity contribution is 9.10. The zero-order chi connectivity index (χ0) is 14.8. The topological polar surface area (TPSA) is 42.0 Å². The molecule has 0 unspecified atom stereocenters. The third-order valence-corrected chi connectivity index (χ3v) is 4.08. The number of nitrogens with one attached hydrogen (secondary N) is 1. The Morgan fingerprint density at radius 3 is 2.50 bits per heavy atom. The van der Waals surface area contributed by atoms with Gasteiger partial charge in [-0.25, -0.2) is 4.98 Å². The molecular weight excluding hydrogens is 336 g/mol. The van der Waals surface area contributed by atoms with Gasteiger partial charge in [0.2, 0.25) is 5.91 Å². The zero-order valence-electron chi connectivity index (χ0n) is 11.7. The molecule has 0 saturated heterocycles. The number of carbonyl (C=O) groups excluding carboxylic acids is 1. The maximum Gasteiger partial charge on any atom is 0.230 e. The Morgan fingerprint density at radius 1 is 1.30 bits per heavy atom. The molecule has 2 aromatic rings.